The fourth-order valence-electron chi connectivity index (χ4n) is 3.27. The molecule has 148 valence electrons. The predicted octanol–water partition coefficient (Wildman–Crippen LogP) is 2.37. The number of fused-ring (bicyclic) bond motifs is 1. The summed E-state index contributed by atoms with van der Waals surface area (Å²) in [5.41, 5.74) is 0.581. The summed E-state index contributed by atoms with van der Waals surface area (Å²) in [4.78, 5) is 14.5. The average molecular weight is 467 g/mol. The molecule has 2 aromatic rings. The number of hydrogen-bond donors (Lipinski definition) is 0. The Bertz CT molecular complexity index is 1000. The molecule has 0 N–H and O–H groups in total. The van der Waals surface area contributed by atoms with Crippen molar-refractivity contribution in [2.24, 2.45) is 0 Å². The van der Waals surface area contributed by atoms with E-state index in [0.717, 1.165) is 4.47 Å². The lowest BCUT2D eigenvalue weighted by Crippen LogP contribution is -2.50. The molecule has 0 aromatic heterocycles. The van der Waals surface area contributed by atoms with Gasteiger partial charge in [0.1, 0.15) is 13.2 Å². The molecular formula is C19H19BrN2O5S. The van der Waals surface area contributed by atoms with E-state index in [9.17, 15) is 13.2 Å². The van der Waals surface area contributed by atoms with Crippen molar-refractivity contribution in [2.45, 2.75) is 4.90 Å². The molecule has 1 saturated heterocycles. The SMILES string of the molecule is O=C(c1cccc(Br)c1)N1CCN(S(=O)(=O)c2ccc3c(c2)OCCO3)CC1. The number of sulfonamides is 1. The van der Waals surface area contributed by atoms with E-state index in [2.05, 4.69) is 15.9 Å². The molecular weight excluding hydrogens is 448 g/mol. The van der Waals surface area contributed by atoms with Gasteiger partial charge in [0.05, 0.1) is 4.90 Å². The van der Waals surface area contributed by atoms with Crippen molar-refractivity contribution in [2.75, 3.05) is 39.4 Å². The summed E-state index contributed by atoms with van der Waals surface area (Å²) in [7, 11) is -3.66. The third-order valence-electron chi connectivity index (χ3n) is 4.75. The van der Waals surface area contributed by atoms with Gasteiger partial charge in [0, 0.05) is 42.3 Å². The third kappa shape index (κ3) is 3.74. The maximum absolute atomic E-state index is 13.0. The topological polar surface area (TPSA) is 76.2 Å². The number of halogens is 1. The number of hydrogen-bond acceptors (Lipinski definition) is 5. The Morgan fingerprint density at radius 3 is 2.36 bits per heavy atom. The lowest BCUT2D eigenvalue weighted by atomic mass is 10.2. The molecule has 0 aliphatic carbocycles. The van der Waals surface area contributed by atoms with Crippen LogP contribution in [0, 0.1) is 0 Å². The Morgan fingerprint density at radius 1 is 0.929 bits per heavy atom. The zero-order valence-electron chi connectivity index (χ0n) is 15.0. The van der Waals surface area contributed by atoms with Crippen LogP contribution in [0.25, 0.3) is 0 Å². The first-order valence-corrected chi connectivity index (χ1v) is 11.1. The molecule has 9 heteroatoms. The molecule has 7 nitrogen and oxygen atoms in total. The standard InChI is InChI=1S/C19H19BrN2O5S/c20-15-3-1-2-14(12-15)19(23)21-6-8-22(9-7-21)28(24,25)16-4-5-17-18(13-16)27-11-10-26-17/h1-5,12-13H,6-11H2. The summed E-state index contributed by atoms with van der Waals surface area (Å²) >= 11 is 3.36. The summed E-state index contributed by atoms with van der Waals surface area (Å²) in [6, 6.07) is 11.8. The second kappa shape index (κ2) is 7.73. The van der Waals surface area contributed by atoms with Gasteiger partial charge in [-0.1, -0.05) is 22.0 Å². The number of piperazine rings is 1. The maximum Gasteiger partial charge on any atom is 0.253 e. The van der Waals surface area contributed by atoms with E-state index in [1.54, 1.807) is 29.2 Å². The van der Waals surface area contributed by atoms with Crippen LogP contribution in [-0.2, 0) is 10.0 Å². The van der Waals surface area contributed by atoms with Gasteiger partial charge in [-0.2, -0.15) is 4.31 Å². The predicted molar refractivity (Wildman–Crippen MR) is 106 cm³/mol. The second-order valence-electron chi connectivity index (χ2n) is 6.51. The first kappa shape index (κ1) is 19.2. The lowest BCUT2D eigenvalue weighted by molar-refractivity contribution is 0.0698. The Morgan fingerprint density at radius 2 is 1.64 bits per heavy atom. The fraction of sp³-hybridized carbons (Fsp3) is 0.316. The summed E-state index contributed by atoms with van der Waals surface area (Å²) in [6.45, 7) is 2.03. The van der Waals surface area contributed by atoms with Gasteiger partial charge < -0.3 is 14.4 Å². The highest BCUT2D eigenvalue weighted by Gasteiger charge is 2.31. The number of rotatable bonds is 3. The molecule has 0 radical (unpaired) electrons. The van der Waals surface area contributed by atoms with Crippen molar-refractivity contribution in [3.63, 3.8) is 0 Å². The van der Waals surface area contributed by atoms with E-state index < -0.39 is 10.0 Å². The number of nitrogens with zero attached hydrogens (tertiary/aromatic N) is 2. The van der Waals surface area contributed by atoms with Gasteiger partial charge in [-0.3, -0.25) is 4.79 Å². The average Bonchev–Trinajstić information content (AvgIpc) is 2.73. The zero-order valence-corrected chi connectivity index (χ0v) is 17.4. The minimum absolute atomic E-state index is 0.0994. The van der Waals surface area contributed by atoms with Gasteiger partial charge in [0.2, 0.25) is 10.0 Å². The quantitative estimate of drug-likeness (QED) is 0.693. The first-order valence-electron chi connectivity index (χ1n) is 8.90. The van der Waals surface area contributed by atoms with Gasteiger partial charge in [-0.05, 0) is 30.3 Å². The van der Waals surface area contributed by atoms with E-state index in [1.807, 2.05) is 6.07 Å². The van der Waals surface area contributed by atoms with Crippen LogP contribution < -0.4 is 9.47 Å². The highest BCUT2D eigenvalue weighted by atomic mass is 79.9. The Balaban J connectivity index is 1.46. The van der Waals surface area contributed by atoms with Crippen molar-refractivity contribution in [1.82, 2.24) is 9.21 Å². The van der Waals surface area contributed by atoms with Crippen molar-refractivity contribution >= 4 is 31.9 Å². The van der Waals surface area contributed by atoms with Crippen LogP contribution in [-0.4, -0.2) is 62.9 Å². The molecule has 2 aromatic carbocycles. The molecule has 0 atom stereocenters. The number of benzene rings is 2. The molecule has 1 fully saturated rings. The number of carbonyl (C=O) groups excluding carboxylic acids is 1. The van der Waals surface area contributed by atoms with Gasteiger partial charge in [-0.15, -0.1) is 0 Å². The lowest BCUT2D eigenvalue weighted by Gasteiger charge is -2.34. The highest BCUT2D eigenvalue weighted by Crippen LogP contribution is 2.33. The molecule has 0 unspecified atom stereocenters. The van der Waals surface area contributed by atoms with Crippen LogP contribution in [0.5, 0.6) is 11.5 Å². The summed E-state index contributed by atoms with van der Waals surface area (Å²) in [5, 5.41) is 0. The Labute approximate surface area is 172 Å². The van der Waals surface area contributed by atoms with E-state index in [0.29, 0.717) is 43.4 Å². The van der Waals surface area contributed by atoms with Crippen molar-refractivity contribution in [1.29, 1.82) is 0 Å². The molecule has 2 aliphatic heterocycles. The summed E-state index contributed by atoms with van der Waals surface area (Å²) in [6.07, 6.45) is 0. The van der Waals surface area contributed by atoms with E-state index in [1.165, 1.54) is 16.4 Å². The molecule has 0 spiro atoms. The van der Waals surface area contributed by atoms with Crippen molar-refractivity contribution in [3.8, 4) is 11.5 Å². The van der Waals surface area contributed by atoms with Gasteiger partial charge in [-0.25, -0.2) is 8.42 Å². The first-order chi connectivity index (χ1) is 13.4. The third-order valence-corrected chi connectivity index (χ3v) is 7.14. The molecule has 4 rings (SSSR count). The smallest absolute Gasteiger partial charge is 0.253 e. The summed E-state index contributed by atoms with van der Waals surface area (Å²) < 4.78 is 39.1. The molecule has 0 saturated carbocycles. The van der Waals surface area contributed by atoms with E-state index >= 15 is 0 Å². The molecule has 2 heterocycles. The highest BCUT2D eigenvalue weighted by molar-refractivity contribution is 9.10. The van der Waals surface area contributed by atoms with Gasteiger partial charge in [0.25, 0.3) is 5.91 Å². The molecule has 2 aliphatic rings. The number of amides is 1. The maximum atomic E-state index is 13.0. The van der Waals surface area contributed by atoms with E-state index in [4.69, 9.17) is 9.47 Å². The number of carbonyl (C=O) groups is 1. The largest absolute Gasteiger partial charge is 0.486 e. The molecule has 1 amide bonds. The monoisotopic (exact) mass is 466 g/mol. The number of ether oxygens (including phenoxy) is 2. The van der Waals surface area contributed by atoms with Crippen LogP contribution in [0.3, 0.4) is 0 Å². The summed E-state index contributed by atoms with van der Waals surface area (Å²) in [5.74, 6) is 0.892. The van der Waals surface area contributed by atoms with Crippen LogP contribution in [0.15, 0.2) is 51.8 Å². The van der Waals surface area contributed by atoms with Crippen LogP contribution in [0.2, 0.25) is 0 Å². The minimum atomic E-state index is -3.66. The minimum Gasteiger partial charge on any atom is -0.486 e. The van der Waals surface area contributed by atoms with Crippen molar-refractivity contribution < 1.29 is 22.7 Å². The van der Waals surface area contributed by atoms with Crippen molar-refractivity contribution in [3.05, 3.63) is 52.5 Å². The van der Waals surface area contributed by atoms with Crippen LogP contribution >= 0.6 is 15.9 Å². The van der Waals surface area contributed by atoms with Gasteiger partial charge >= 0.3 is 0 Å². The Kier molecular flexibility index (Phi) is 5.31. The zero-order chi connectivity index (χ0) is 19.7. The molecule has 0 bridgehead atoms. The Hall–Kier alpha value is -2.10. The normalized spacial score (nSPS) is 17.4. The fourth-order valence-corrected chi connectivity index (χ4v) is 5.11. The molecule has 28 heavy (non-hydrogen) atoms. The van der Waals surface area contributed by atoms with Gasteiger partial charge in [0.15, 0.2) is 11.5 Å². The second-order valence-corrected chi connectivity index (χ2v) is 9.37. The van der Waals surface area contributed by atoms with Crippen LogP contribution in [0.1, 0.15) is 10.4 Å². The van der Waals surface area contributed by atoms with Crippen LogP contribution in [0.4, 0.5) is 0 Å². The van der Waals surface area contributed by atoms with E-state index in [-0.39, 0.29) is 23.9 Å².